The van der Waals surface area contributed by atoms with Crippen molar-refractivity contribution < 1.29 is 14.7 Å². The molecule has 0 aromatic heterocycles. The van der Waals surface area contributed by atoms with Gasteiger partial charge in [-0.2, -0.15) is 0 Å². The van der Waals surface area contributed by atoms with Crippen LogP contribution in [0.15, 0.2) is 23.2 Å². The van der Waals surface area contributed by atoms with Crippen LogP contribution in [-0.2, 0) is 9.59 Å². The molecule has 1 heterocycles. The first-order valence-electron chi connectivity index (χ1n) is 5.89. The summed E-state index contributed by atoms with van der Waals surface area (Å²) in [4.78, 5) is 28.3. The third kappa shape index (κ3) is 3.13. The van der Waals surface area contributed by atoms with Gasteiger partial charge in [0.05, 0.1) is 12.1 Å². The molecule has 106 valence electrons. The van der Waals surface area contributed by atoms with E-state index in [2.05, 4.69) is 4.99 Å². The fraction of sp³-hybridized carbons (Fsp3) is 0.308. The summed E-state index contributed by atoms with van der Waals surface area (Å²) in [6, 6.07) is 5.36. The lowest BCUT2D eigenvalue weighted by Crippen LogP contribution is -2.28. The fourth-order valence-electron chi connectivity index (χ4n) is 1.72. The number of rotatable bonds is 3. The van der Waals surface area contributed by atoms with Crippen LogP contribution in [0.3, 0.4) is 0 Å². The molecule has 0 bridgehead atoms. The molecule has 1 amide bonds. The maximum atomic E-state index is 11.9. The number of carboxylic acids is 1. The molecule has 0 unspecified atom stereocenters. The lowest BCUT2D eigenvalue weighted by molar-refractivity contribution is -0.139. The Morgan fingerprint density at radius 2 is 2.25 bits per heavy atom. The third-order valence-electron chi connectivity index (χ3n) is 2.88. The summed E-state index contributed by atoms with van der Waals surface area (Å²) in [7, 11) is 1.59. The number of aryl methyl sites for hydroxylation is 1. The number of nitrogens with zero attached hydrogens (tertiary/aromatic N) is 2. The van der Waals surface area contributed by atoms with Crippen molar-refractivity contribution in [3.8, 4) is 0 Å². The van der Waals surface area contributed by atoms with Crippen LogP contribution in [0.25, 0.3) is 0 Å². The Balaban J connectivity index is 2.24. The molecule has 1 aliphatic heterocycles. The van der Waals surface area contributed by atoms with Gasteiger partial charge in [-0.05, 0) is 24.6 Å². The highest BCUT2D eigenvalue weighted by atomic mass is 35.5. The predicted octanol–water partition coefficient (Wildman–Crippen LogP) is 2.68. The summed E-state index contributed by atoms with van der Waals surface area (Å²) in [6.07, 6.45) is -0.207. The van der Waals surface area contributed by atoms with Crippen LogP contribution in [0.5, 0.6) is 0 Å². The second kappa shape index (κ2) is 5.85. The van der Waals surface area contributed by atoms with Crippen LogP contribution in [0.2, 0.25) is 5.02 Å². The SMILES string of the molecule is Cc1ccc(N=C2S[C@@H](CC(=O)O)C(=O)N2C)cc1Cl. The predicted molar refractivity (Wildman–Crippen MR) is 79.7 cm³/mol. The largest absolute Gasteiger partial charge is 0.481 e. The van der Waals surface area contributed by atoms with Crippen molar-refractivity contribution in [3.05, 3.63) is 28.8 Å². The molecule has 2 rings (SSSR count). The van der Waals surface area contributed by atoms with Crippen molar-refractivity contribution >= 4 is 46.1 Å². The number of halogens is 1. The van der Waals surface area contributed by atoms with Gasteiger partial charge in [-0.15, -0.1) is 0 Å². The molecule has 1 aromatic rings. The molecule has 1 fully saturated rings. The lowest BCUT2D eigenvalue weighted by atomic mass is 10.2. The zero-order valence-electron chi connectivity index (χ0n) is 11.0. The number of amides is 1. The maximum Gasteiger partial charge on any atom is 0.305 e. The standard InChI is InChI=1S/C13H13ClN2O3S/c1-7-3-4-8(5-9(7)14)15-13-16(2)12(19)10(20-13)6-11(17)18/h3-5,10H,6H2,1-2H3,(H,17,18)/t10-/m0/s1. The van der Waals surface area contributed by atoms with E-state index in [-0.39, 0.29) is 12.3 Å². The third-order valence-corrected chi connectivity index (χ3v) is 4.52. The first-order valence-corrected chi connectivity index (χ1v) is 7.15. The summed E-state index contributed by atoms with van der Waals surface area (Å²) in [6.45, 7) is 1.89. The second-order valence-corrected chi connectivity index (χ2v) is 6.01. The molecule has 1 aliphatic rings. The topological polar surface area (TPSA) is 70.0 Å². The zero-order chi connectivity index (χ0) is 14.9. The Bertz CT molecular complexity index is 603. The van der Waals surface area contributed by atoms with E-state index in [0.717, 1.165) is 17.3 Å². The molecule has 1 atom stereocenters. The molecule has 1 N–H and O–H groups in total. The number of aliphatic carboxylic acids is 1. The molecule has 1 aromatic carbocycles. The van der Waals surface area contributed by atoms with E-state index in [1.807, 2.05) is 13.0 Å². The quantitative estimate of drug-likeness (QED) is 0.931. The number of aliphatic imine (C=N–C) groups is 1. The van der Waals surface area contributed by atoms with Gasteiger partial charge in [0.1, 0.15) is 5.25 Å². The molecule has 20 heavy (non-hydrogen) atoms. The Morgan fingerprint density at radius 1 is 1.55 bits per heavy atom. The number of hydrogen-bond acceptors (Lipinski definition) is 4. The highest BCUT2D eigenvalue weighted by Gasteiger charge is 2.36. The van der Waals surface area contributed by atoms with Gasteiger partial charge < -0.3 is 5.11 Å². The lowest BCUT2D eigenvalue weighted by Gasteiger charge is -2.08. The normalized spacial score (nSPS) is 20.8. The summed E-state index contributed by atoms with van der Waals surface area (Å²) >= 11 is 7.19. The van der Waals surface area contributed by atoms with Crippen molar-refractivity contribution in [3.63, 3.8) is 0 Å². The Kier molecular flexibility index (Phi) is 4.35. The average Bonchev–Trinajstić information content (AvgIpc) is 2.62. The molecule has 1 saturated heterocycles. The van der Waals surface area contributed by atoms with Crippen LogP contribution in [-0.4, -0.2) is 39.3 Å². The fourth-order valence-corrected chi connectivity index (χ4v) is 3.04. The minimum atomic E-state index is -0.996. The molecule has 7 heteroatoms. The van der Waals surface area contributed by atoms with E-state index >= 15 is 0 Å². The van der Waals surface area contributed by atoms with Gasteiger partial charge in [-0.3, -0.25) is 14.5 Å². The van der Waals surface area contributed by atoms with Gasteiger partial charge >= 0.3 is 5.97 Å². The summed E-state index contributed by atoms with van der Waals surface area (Å²) in [5.74, 6) is -1.24. The van der Waals surface area contributed by atoms with Gasteiger partial charge in [0.2, 0.25) is 5.91 Å². The number of carboxylic acid groups (broad SMARTS) is 1. The van der Waals surface area contributed by atoms with E-state index in [4.69, 9.17) is 16.7 Å². The zero-order valence-corrected chi connectivity index (χ0v) is 12.5. The second-order valence-electron chi connectivity index (χ2n) is 4.43. The molecule has 0 radical (unpaired) electrons. The number of hydrogen-bond donors (Lipinski definition) is 1. The molecule has 5 nitrogen and oxygen atoms in total. The Labute approximate surface area is 125 Å². The maximum absolute atomic E-state index is 11.9. The minimum Gasteiger partial charge on any atom is -0.481 e. The average molecular weight is 313 g/mol. The van der Waals surface area contributed by atoms with Crippen LogP contribution in [0, 0.1) is 6.92 Å². The molecular weight excluding hydrogens is 300 g/mol. The highest BCUT2D eigenvalue weighted by Crippen LogP contribution is 2.31. The van der Waals surface area contributed by atoms with Crippen LogP contribution < -0.4 is 0 Å². The Hall–Kier alpha value is -1.53. The van der Waals surface area contributed by atoms with E-state index in [9.17, 15) is 9.59 Å². The summed E-state index contributed by atoms with van der Waals surface area (Å²) in [5, 5.41) is 9.26. The summed E-state index contributed by atoms with van der Waals surface area (Å²) < 4.78 is 0. The van der Waals surface area contributed by atoms with E-state index < -0.39 is 11.2 Å². The smallest absolute Gasteiger partial charge is 0.305 e. The number of amidine groups is 1. The Morgan fingerprint density at radius 3 is 2.85 bits per heavy atom. The number of benzene rings is 1. The molecular formula is C13H13ClN2O3S. The first kappa shape index (κ1) is 14.9. The van der Waals surface area contributed by atoms with Crippen molar-refractivity contribution in [1.82, 2.24) is 4.90 Å². The van der Waals surface area contributed by atoms with Crippen LogP contribution in [0.1, 0.15) is 12.0 Å². The number of carbonyl (C=O) groups is 2. The molecule has 0 spiro atoms. The first-order chi connectivity index (χ1) is 9.38. The van der Waals surface area contributed by atoms with Crippen molar-refractivity contribution in [2.75, 3.05) is 7.05 Å². The van der Waals surface area contributed by atoms with Gasteiger partial charge in [-0.1, -0.05) is 29.4 Å². The summed E-state index contributed by atoms with van der Waals surface area (Å²) in [5.41, 5.74) is 1.58. The van der Waals surface area contributed by atoms with Crippen molar-refractivity contribution in [2.24, 2.45) is 4.99 Å². The van der Waals surface area contributed by atoms with Crippen molar-refractivity contribution in [2.45, 2.75) is 18.6 Å². The van der Waals surface area contributed by atoms with E-state index in [0.29, 0.717) is 15.9 Å². The van der Waals surface area contributed by atoms with Gasteiger partial charge in [-0.25, -0.2) is 4.99 Å². The van der Waals surface area contributed by atoms with Gasteiger partial charge in [0, 0.05) is 12.1 Å². The monoisotopic (exact) mass is 312 g/mol. The van der Waals surface area contributed by atoms with E-state index in [1.165, 1.54) is 4.90 Å². The highest BCUT2D eigenvalue weighted by molar-refractivity contribution is 8.15. The van der Waals surface area contributed by atoms with E-state index in [1.54, 1.807) is 19.2 Å². The minimum absolute atomic E-state index is 0.207. The van der Waals surface area contributed by atoms with Gasteiger partial charge in [0.15, 0.2) is 5.17 Å². The van der Waals surface area contributed by atoms with Crippen molar-refractivity contribution in [1.29, 1.82) is 0 Å². The number of thioether (sulfide) groups is 1. The number of carbonyl (C=O) groups excluding carboxylic acids is 1. The van der Waals surface area contributed by atoms with Gasteiger partial charge in [0.25, 0.3) is 0 Å². The van der Waals surface area contributed by atoms with Crippen LogP contribution >= 0.6 is 23.4 Å². The van der Waals surface area contributed by atoms with Crippen LogP contribution in [0.4, 0.5) is 5.69 Å². The molecule has 0 saturated carbocycles. The molecule has 0 aliphatic carbocycles.